The van der Waals surface area contributed by atoms with Gasteiger partial charge in [0.1, 0.15) is 6.61 Å². The second kappa shape index (κ2) is 6.98. The Bertz CT molecular complexity index is 865. The lowest BCUT2D eigenvalue weighted by Crippen LogP contribution is -2.69. The molecule has 1 amide bonds. The summed E-state index contributed by atoms with van der Waals surface area (Å²) in [6.07, 6.45) is 12.0. The van der Waals surface area contributed by atoms with Gasteiger partial charge in [0.05, 0.1) is 5.60 Å². The lowest BCUT2D eigenvalue weighted by molar-refractivity contribution is -0.248. The van der Waals surface area contributed by atoms with Crippen LogP contribution in [0.2, 0.25) is 0 Å². The number of fused-ring (bicyclic) bond motifs is 2. The normalized spacial score (nSPS) is 46.8. The summed E-state index contributed by atoms with van der Waals surface area (Å²) < 4.78 is 5.76. The molecule has 174 valence electrons. The Hall–Kier alpha value is -1.55. The zero-order valence-electron chi connectivity index (χ0n) is 19.8. The molecular formula is C28H39NO3. The number of piperidine rings is 2. The Morgan fingerprint density at radius 3 is 2.19 bits per heavy atom. The van der Waals surface area contributed by atoms with E-state index in [1.807, 2.05) is 35.2 Å². The SMILES string of the molecule is CC12CC3CC(C)(C1)CC(C1(O)CC4CCCC(C1)N4C(=O)OCc1ccccc1)(C3)C2. The van der Waals surface area contributed by atoms with Gasteiger partial charge in [0, 0.05) is 17.5 Å². The Morgan fingerprint density at radius 2 is 1.59 bits per heavy atom. The van der Waals surface area contributed by atoms with Crippen LogP contribution in [0.5, 0.6) is 0 Å². The first-order valence-electron chi connectivity index (χ1n) is 12.9. The third kappa shape index (κ3) is 3.23. The fraction of sp³-hybridized carbons (Fsp3) is 0.750. The lowest BCUT2D eigenvalue weighted by Gasteiger charge is -2.70. The molecule has 6 bridgehead atoms. The number of aliphatic hydroxyl groups is 1. The summed E-state index contributed by atoms with van der Waals surface area (Å²) in [6, 6.07) is 10.2. The van der Waals surface area contributed by atoms with Gasteiger partial charge in [-0.05, 0) is 92.9 Å². The van der Waals surface area contributed by atoms with Crippen molar-refractivity contribution in [2.24, 2.45) is 22.2 Å². The molecule has 6 fully saturated rings. The second-order valence-corrected chi connectivity index (χ2v) is 13.0. The van der Waals surface area contributed by atoms with Crippen molar-refractivity contribution in [3.05, 3.63) is 35.9 Å². The molecule has 1 aromatic carbocycles. The molecule has 1 aromatic rings. The van der Waals surface area contributed by atoms with Gasteiger partial charge in [-0.15, -0.1) is 0 Å². The third-order valence-electron chi connectivity index (χ3n) is 10.0. The van der Waals surface area contributed by atoms with Crippen LogP contribution in [0.25, 0.3) is 0 Å². The number of carbonyl (C=O) groups excluding carboxylic acids is 1. The van der Waals surface area contributed by atoms with E-state index in [4.69, 9.17) is 4.74 Å². The number of rotatable bonds is 3. The molecule has 2 heterocycles. The van der Waals surface area contributed by atoms with Crippen molar-refractivity contribution in [2.45, 2.75) is 109 Å². The summed E-state index contributed by atoms with van der Waals surface area (Å²) in [7, 11) is 0. The first-order chi connectivity index (χ1) is 15.2. The molecule has 4 aliphatic carbocycles. The number of hydrogen-bond acceptors (Lipinski definition) is 3. The predicted octanol–water partition coefficient (Wildman–Crippen LogP) is 6.07. The number of ether oxygens (including phenoxy) is 1. The predicted molar refractivity (Wildman–Crippen MR) is 124 cm³/mol. The van der Waals surface area contributed by atoms with E-state index >= 15 is 0 Å². The van der Waals surface area contributed by atoms with Crippen LogP contribution in [-0.4, -0.2) is 33.8 Å². The Morgan fingerprint density at radius 1 is 0.969 bits per heavy atom. The van der Waals surface area contributed by atoms with Crippen LogP contribution < -0.4 is 0 Å². The Labute approximate surface area is 192 Å². The highest BCUT2D eigenvalue weighted by molar-refractivity contribution is 5.69. The molecule has 4 unspecified atom stereocenters. The average Bonchev–Trinajstić information content (AvgIpc) is 2.69. The standard InChI is InChI=1S/C28H39NO3/c1-25-11-21-12-26(2,17-25)19-27(13-21,18-25)28(31)14-22-9-6-10-23(15-28)29(22)24(30)32-16-20-7-4-3-5-8-20/h3-5,7-8,21-23,31H,6,9-19H2,1-2H3. The average molecular weight is 438 g/mol. The molecule has 0 spiro atoms. The van der Waals surface area contributed by atoms with E-state index in [1.165, 1.54) is 38.5 Å². The van der Waals surface area contributed by atoms with E-state index in [0.717, 1.165) is 43.6 Å². The molecule has 0 radical (unpaired) electrons. The molecule has 1 N–H and O–H groups in total. The lowest BCUT2D eigenvalue weighted by atomic mass is 9.36. The number of benzene rings is 1. The van der Waals surface area contributed by atoms with E-state index < -0.39 is 5.60 Å². The van der Waals surface area contributed by atoms with E-state index in [-0.39, 0.29) is 23.6 Å². The number of hydrogen-bond donors (Lipinski definition) is 1. The topological polar surface area (TPSA) is 49.8 Å². The number of nitrogens with zero attached hydrogens (tertiary/aromatic N) is 1. The molecule has 2 saturated heterocycles. The maximum Gasteiger partial charge on any atom is 0.410 e. The summed E-state index contributed by atoms with van der Waals surface area (Å²) >= 11 is 0. The van der Waals surface area contributed by atoms with Gasteiger partial charge < -0.3 is 14.7 Å². The molecule has 2 aliphatic heterocycles. The Kier molecular flexibility index (Phi) is 4.58. The van der Waals surface area contributed by atoms with Gasteiger partial charge in [0.15, 0.2) is 0 Å². The van der Waals surface area contributed by atoms with Crippen LogP contribution in [0, 0.1) is 22.2 Å². The summed E-state index contributed by atoms with van der Waals surface area (Å²) in [5.74, 6) is 0.777. The van der Waals surface area contributed by atoms with Gasteiger partial charge in [0.2, 0.25) is 0 Å². The van der Waals surface area contributed by atoms with Crippen LogP contribution in [0.1, 0.15) is 90.0 Å². The zero-order valence-corrected chi connectivity index (χ0v) is 19.8. The van der Waals surface area contributed by atoms with Gasteiger partial charge in [0.25, 0.3) is 0 Å². The summed E-state index contributed by atoms with van der Waals surface area (Å²) in [4.78, 5) is 15.2. The van der Waals surface area contributed by atoms with Crippen molar-refractivity contribution in [1.29, 1.82) is 0 Å². The molecular weight excluding hydrogens is 398 g/mol. The third-order valence-corrected chi connectivity index (χ3v) is 10.0. The van der Waals surface area contributed by atoms with Crippen molar-refractivity contribution in [3.63, 3.8) is 0 Å². The first-order valence-corrected chi connectivity index (χ1v) is 12.9. The molecule has 4 nitrogen and oxygen atoms in total. The van der Waals surface area contributed by atoms with E-state index in [0.29, 0.717) is 17.4 Å². The minimum Gasteiger partial charge on any atom is -0.445 e. The molecule has 32 heavy (non-hydrogen) atoms. The number of amides is 1. The second-order valence-electron chi connectivity index (χ2n) is 13.0. The van der Waals surface area contributed by atoms with Gasteiger partial charge in [-0.3, -0.25) is 0 Å². The van der Waals surface area contributed by atoms with Gasteiger partial charge in [-0.25, -0.2) is 4.79 Å². The highest BCUT2D eigenvalue weighted by Gasteiger charge is 2.68. The first kappa shape index (κ1) is 21.0. The monoisotopic (exact) mass is 437 g/mol. The van der Waals surface area contributed by atoms with Gasteiger partial charge in [-0.2, -0.15) is 0 Å². The minimum absolute atomic E-state index is 0.0454. The van der Waals surface area contributed by atoms with Gasteiger partial charge in [-0.1, -0.05) is 44.2 Å². The molecule has 6 aliphatic rings. The van der Waals surface area contributed by atoms with Crippen molar-refractivity contribution in [2.75, 3.05) is 0 Å². The van der Waals surface area contributed by atoms with Crippen LogP contribution >= 0.6 is 0 Å². The maximum atomic E-state index is 13.2. The van der Waals surface area contributed by atoms with Crippen LogP contribution in [0.3, 0.4) is 0 Å². The maximum absolute atomic E-state index is 13.2. The smallest absolute Gasteiger partial charge is 0.410 e. The van der Waals surface area contributed by atoms with Crippen molar-refractivity contribution >= 4 is 6.09 Å². The van der Waals surface area contributed by atoms with Gasteiger partial charge >= 0.3 is 6.09 Å². The fourth-order valence-corrected chi connectivity index (χ4v) is 9.92. The molecule has 4 saturated carbocycles. The van der Waals surface area contributed by atoms with Crippen LogP contribution in [0.4, 0.5) is 4.79 Å². The molecule has 0 aromatic heterocycles. The van der Waals surface area contributed by atoms with Crippen molar-refractivity contribution in [3.8, 4) is 0 Å². The fourth-order valence-electron chi connectivity index (χ4n) is 9.92. The van der Waals surface area contributed by atoms with Crippen molar-refractivity contribution in [1.82, 2.24) is 4.90 Å². The highest BCUT2D eigenvalue weighted by Crippen LogP contribution is 2.73. The largest absolute Gasteiger partial charge is 0.445 e. The van der Waals surface area contributed by atoms with E-state index in [1.54, 1.807) is 0 Å². The molecule has 7 rings (SSSR count). The van der Waals surface area contributed by atoms with E-state index in [2.05, 4.69) is 13.8 Å². The zero-order chi connectivity index (χ0) is 22.2. The summed E-state index contributed by atoms with van der Waals surface area (Å²) in [5.41, 5.74) is 1.22. The summed E-state index contributed by atoms with van der Waals surface area (Å²) in [6.45, 7) is 5.30. The Balaban J connectivity index is 1.23. The van der Waals surface area contributed by atoms with E-state index in [9.17, 15) is 9.90 Å². The highest BCUT2D eigenvalue weighted by atomic mass is 16.6. The molecule has 4 atom stereocenters. The minimum atomic E-state index is -0.638. The summed E-state index contributed by atoms with van der Waals surface area (Å²) in [5, 5.41) is 12.4. The number of carbonyl (C=O) groups is 1. The quantitative estimate of drug-likeness (QED) is 0.624. The molecule has 4 heteroatoms. The van der Waals surface area contributed by atoms with Crippen LogP contribution in [0.15, 0.2) is 30.3 Å². The van der Waals surface area contributed by atoms with Crippen LogP contribution in [-0.2, 0) is 11.3 Å². The van der Waals surface area contributed by atoms with Crippen molar-refractivity contribution < 1.29 is 14.6 Å².